The SMILES string of the molecule is C[C@H]1Cn2ncc(N(CC3CCC(=O)N3)S(=O)(=O)CBr)c2CN1C(=O)OC(C)(C)C. The van der Waals surface area contributed by atoms with Gasteiger partial charge in [-0.3, -0.25) is 18.7 Å². The van der Waals surface area contributed by atoms with Gasteiger partial charge < -0.3 is 10.1 Å². The second-order valence-electron chi connectivity index (χ2n) is 8.67. The van der Waals surface area contributed by atoms with Crippen LogP contribution in [-0.2, 0) is 32.6 Å². The molecule has 3 rings (SSSR count). The topological polar surface area (TPSA) is 114 Å². The lowest BCUT2D eigenvalue weighted by molar-refractivity contribution is -0.119. The van der Waals surface area contributed by atoms with Gasteiger partial charge in [-0.05, 0) is 34.1 Å². The number of amides is 2. The zero-order valence-corrected chi connectivity index (χ0v) is 20.0. The molecule has 1 fully saturated rings. The fraction of sp³-hybridized carbons (Fsp3) is 0.722. The number of halogens is 1. The lowest BCUT2D eigenvalue weighted by atomic mass is 10.1. The molecule has 0 aliphatic carbocycles. The van der Waals surface area contributed by atoms with Crippen LogP contribution in [0, 0.1) is 0 Å². The Balaban J connectivity index is 1.91. The molecule has 0 saturated carbocycles. The minimum absolute atomic E-state index is 0.0850. The Morgan fingerprint density at radius 2 is 2.13 bits per heavy atom. The Labute approximate surface area is 185 Å². The van der Waals surface area contributed by atoms with Gasteiger partial charge in [0.25, 0.3) is 0 Å². The number of sulfonamides is 1. The summed E-state index contributed by atoms with van der Waals surface area (Å²) in [5.41, 5.74) is 0.396. The number of ether oxygens (including phenoxy) is 1. The Hall–Kier alpha value is -1.82. The maximum absolute atomic E-state index is 12.8. The largest absolute Gasteiger partial charge is 0.444 e. The monoisotopic (exact) mass is 505 g/mol. The van der Waals surface area contributed by atoms with Crippen molar-refractivity contribution in [3.63, 3.8) is 0 Å². The lowest BCUT2D eigenvalue weighted by Gasteiger charge is -2.36. The van der Waals surface area contributed by atoms with Crippen LogP contribution in [0.1, 0.15) is 46.2 Å². The quantitative estimate of drug-likeness (QED) is 0.610. The fourth-order valence-electron chi connectivity index (χ4n) is 3.60. The average molecular weight is 506 g/mol. The molecule has 2 aliphatic heterocycles. The van der Waals surface area contributed by atoms with Gasteiger partial charge in [0.15, 0.2) is 0 Å². The first-order valence-corrected chi connectivity index (χ1v) is 12.5. The highest BCUT2D eigenvalue weighted by Gasteiger charge is 2.36. The first-order valence-electron chi connectivity index (χ1n) is 9.81. The van der Waals surface area contributed by atoms with Crippen molar-refractivity contribution >= 4 is 43.6 Å². The van der Waals surface area contributed by atoms with E-state index in [2.05, 4.69) is 26.3 Å². The van der Waals surface area contributed by atoms with Gasteiger partial charge in [0.05, 0.1) is 43.3 Å². The predicted molar refractivity (Wildman–Crippen MR) is 115 cm³/mol. The molecule has 0 spiro atoms. The molecule has 2 aliphatic rings. The smallest absolute Gasteiger partial charge is 0.410 e. The van der Waals surface area contributed by atoms with Crippen molar-refractivity contribution in [2.24, 2.45) is 0 Å². The van der Waals surface area contributed by atoms with Crippen molar-refractivity contribution in [2.45, 2.75) is 71.3 Å². The molecule has 30 heavy (non-hydrogen) atoms. The Morgan fingerprint density at radius 1 is 1.43 bits per heavy atom. The summed E-state index contributed by atoms with van der Waals surface area (Å²) >= 11 is 3.06. The maximum atomic E-state index is 12.8. The molecule has 168 valence electrons. The second-order valence-corrected chi connectivity index (χ2v) is 11.9. The van der Waals surface area contributed by atoms with E-state index in [9.17, 15) is 18.0 Å². The molecule has 1 N–H and O–H groups in total. The van der Waals surface area contributed by atoms with Gasteiger partial charge in [0.2, 0.25) is 15.9 Å². The number of carbonyl (C=O) groups is 2. The number of hydrogen-bond acceptors (Lipinski definition) is 6. The van der Waals surface area contributed by atoms with Gasteiger partial charge in [0, 0.05) is 12.5 Å². The standard InChI is InChI=1S/C18H28BrN5O5S/c1-12-8-23-15(10-22(12)17(26)29-18(2,3)4)14(7-20-23)24(30(27,28)11-19)9-13-5-6-16(25)21-13/h7,12-13H,5-6,8-11H2,1-4H3,(H,21,25)/t12-,13?/m0/s1. The van der Waals surface area contributed by atoms with Crippen LogP contribution in [0.15, 0.2) is 6.20 Å². The third-order valence-corrected chi connectivity index (χ3v) is 8.09. The number of rotatable bonds is 5. The molecule has 0 bridgehead atoms. The van der Waals surface area contributed by atoms with Gasteiger partial charge in [0.1, 0.15) is 10.3 Å². The average Bonchev–Trinajstić information content (AvgIpc) is 3.22. The molecule has 1 unspecified atom stereocenters. The van der Waals surface area contributed by atoms with Crippen molar-refractivity contribution in [1.82, 2.24) is 20.0 Å². The molecule has 1 aromatic heterocycles. The molecule has 0 radical (unpaired) electrons. The summed E-state index contributed by atoms with van der Waals surface area (Å²) in [5, 5.41) is 7.17. The van der Waals surface area contributed by atoms with Crippen molar-refractivity contribution in [2.75, 3.05) is 15.5 Å². The van der Waals surface area contributed by atoms with Crippen LogP contribution in [0.2, 0.25) is 0 Å². The highest BCUT2D eigenvalue weighted by Crippen LogP contribution is 2.31. The summed E-state index contributed by atoms with van der Waals surface area (Å²) in [7, 11) is -3.69. The van der Waals surface area contributed by atoms with Crippen molar-refractivity contribution < 1.29 is 22.7 Å². The minimum Gasteiger partial charge on any atom is -0.444 e. The van der Waals surface area contributed by atoms with Crippen LogP contribution in [0.3, 0.4) is 0 Å². The molecule has 10 nitrogen and oxygen atoms in total. The van der Waals surface area contributed by atoms with Gasteiger partial charge in [-0.1, -0.05) is 15.9 Å². The number of nitrogens with zero attached hydrogens (tertiary/aromatic N) is 4. The number of aromatic nitrogens is 2. The van der Waals surface area contributed by atoms with E-state index in [0.717, 1.165) is 0 Å². The van der Waals surface area contributed by atoms with E-state index in [1.54, 1.807) is 30.4 Å². The van der Waals surface area contributed by atoms with E-state index in [1.807, 2.05) is 6.92 Å². The van der Waals surface area contributed by atoms with Crippen molar-refractivity contribution in [3.8, 4) is 0 Å². The molecule has 12 heteroatoms. The number of anilines is 1. The predicted octanol–water partition coefficient (Wildman–Crippen LogP) is 1.79. The number of nitrogens with one attached hydrogen (secondary N) is 1. The second kappa shape index (κ2) is 8.37. The van der Waals surface area contributed by atoms with E-state index in [1.165, 1.54) is 10.5 Å². The summed E-state index contributed by atoms with van der Waals surface area (Å²) in [6, 6.07) is -0.429. The van der Waals surface area contributed by atoms with E-state index in [4.69, 9.17) is 4.74 Å². The highest BCUT2D eigenvalue weighted by molar-refractivity contribution is 9.10. The van der Waals surface area contributed by atoms with Gasteiger partial charge >= 0.3 is 6.09 Å². The number of fused-ring (bicyclic) bond motifs is 1. The molecule has 2 atom stereocenters. The summed E-state index contributed by atoms with van der Waals surface area (Å²) in [5.74, 6) is -0.0850. The van der Waals surface area contributed by atoms with Crippen LogP contribution < -0.4 is 9.62 Å². The number of alkyl halides is 1. The zero-order chi connectivity index (χ0) is 22.3. The van der Waals surface area contributed by atoms with Crippen LogP contribution in [0.4, 0.5) is 10.5 Å². The van der Waals surface area contributed by atoms with Crippen LogP contribution in [-0.4, -0.2) is 64.0 Å². The Kier molecular flexibility index (Phi) is 6.38. The molecule has 1 aromatic rings. The fourth-order valence-corrected chi connectivity index (χ4v) is 5.31. The first kappa shape index (κ1) is 22.9. The first-order chi connectivity index (χ1) is 13.9. The van der Waals surface area contributed by atoms with Gasteiger partial charge in [-0.25, -0.2) is 13.2 Å². The highest BCUT2D eigenvalue weighted by atomic mass is 79.9. The summed E-state index contributed by atoms with van der Waals surface area (Å²) < 4.78 is 33.9. The molecule has 1 saturated heterocycles. The summed E-state index contributed by atoms with van der Waals surface area (Å²) in [4.78, 5) is 25.9. The van der Waals surface area contributed by atoms with E-state index in [0.29, 0.717) is 30.8 Å². The third-order valence-electron chi connectivity index (χ3n) is 5.06. The third kappa shape index (κ3) is 4.90. The summed E-state index contributed by atoms with van der Waals surface area (Å²) in [6.45, 7) is 8.02. The molecular formula is C18H28BrN5O5S. The van der Waals surface area contributed by atoms with Crippen molar-refractivity contribution in [3.05, 3.63) is 11.9 Å². The molecular weight excluding hydrogens is 478 g/mol. The van der Waals surface area contributed by atoms with Crippen LogP contribution >= 0.6 is 15.9 Å². The van der Waals surface area contributed by atoms with E-state index < -0.39 is 21.7 Å². The normalized spacial score (nSPS) is 21.9. The van der Waals surface area contributed by atoms with Crippen LogP contribution in [0.25, 0.3) is 0 Å². The number of carbonyl (C=O) groups excluding carboxylic acids is 2. The Bertz CT molecular complexity index is 926. The minimum atomic E-state index is -3.69. The Morgan fingerprint density at radius 3 is 2.70 bits per heavy atom. The summed E-state index contributed by atoms with van der Waals surface area (Å²) in [6.07, 6.45) is 2.00. The molecule has 2 amide bonds. The van der Waals surface area contributed by atoms with Crippen molar-refractivity contribution in [1.29, 1.82) is 0 Å². The molecule has 0 aromatic carbocycles. The lowest BCUT2D eigenvalue weighted by Crippen LogP contribution is -2.48. The van der Waals surface area contributed by atoms with Gasteiger partial charge in [-0.2, -0.15) is 5.10 Å². The van der Waals surface area contributed by atoms with E-state index >= 15 is 0 Å². The number of hydrogen-bond donors (Lipinski definition) is 1. The van der Waals surface area contributed by atoms with E-state index in [-0.39, 0.29) is 35.7 Å². The maximum Gasteiger partial charge on any atom is 0.410 e. The molecule has 3 heterocycles. The van der Waals surface area contributed by atoms with Crippen LogP contribution in [0.5, 0.6) is 0 Å². The van der Waals surface area contributed by atoms with Gasteiger partial charge in [-0.15, -0.1) is 0 Å². The zero-order valence-electron chi connectivity index (χ0n) is 17.6.